The Morgan fingerprint density at radius 3 is 2.52 bits per heavy atom. The van der Waals surface area contributed by atoms with Gasteiger partial charge in [-0.15, -0.1) is 0 Å². The summed E-state index contributed by atoms with van der Waals surface area (Å²) < 4.78 is 31.3. The summed E-state index contributed by atoms with van der Waals surface area (Å²) in [7, 11) is -3.83. The van der Waals surface area contributed by atoms with Crippen LogP contribution in [0.4, 0.5) is 4.79 Å². The number of nitrogens with zero attached hydrogens (tertiary/aromatic N) is 3. The minimum atomic E-state index is -3.83. The van der Waals surface area contributed by atoms with Crippen LogP contribution in [0.15, 0.2) is 29.3 Å². The number of para-hydroxylation sites is 2. The standard InChI is InChI=1S/C18H22ClN3O4S/c1-18(2,3)26-17(23)22-10-6-7-12(22)11-27(24,25)16-15(19)20-13-8-4-5-9-14(13)21-16/h4-5,8-9,12H,6-7,10-11H2,1-3H3/t12-/m0/s1. The third-order valence-corrected chi connectivity index (χ3v) is 6.28. The number of halogens is 1. The van der Waals surface area contributed by atoms with Crippen molar-refractivity contribution in [3.63, 3.8) is 0 Å². The normalized spacial score (nSPS) is 18.1. The van der Waals surface area contributed by atoms with E-state index in [2.05, 4.69) is 9.97 Å². The molecule has 9 heteroatoms. The van der Waals surface area contributed by atoms with Crippen LogP contribution in [-0.2, 0) is 14.6 Å². The first-order valence-corrected chi connectivity index (χ1v) is 10.7. The molecule has 1 aliphatic heterocycles. The highest BCUT2D eigenvalue weighted by molar-refractivity contribution is 7.91. The van der Waals surface area contributed by atoms with Gasteiger partial charge < -0.3 is 9.64 Å². The molecule has 0 unspecified atom stereocenters. The fourth-order valence-corrected chi connectivity index (χ4v) is 5.10. The lowest BCUT2D eigenvalue weighted by Crippen LogP contribution is -2.42. The maximum absolute atomic E-state index is 12.9. The Labute approximate surface area is 163 Å². The van der Waals surface area contributed by atoms with Crippen LogP contribution in [0.3, 0.4) is 0 Å². The molecule has 0 N–H and O–H groups in total. The van der Waals surface area contributed by atoms with Gasteiger partial charge in [-0.1, -0.05) is 23.7 Å². The number of carbonyl (C=O) groups is 1. The molecular weight excluding hydrogens is 390 g/mol. The smallest absolute Gasteiger partial charge is 0.410 e. The average molecular weight is 412 g/mol. The number of sulfone groups is 1. The Balaban J connectivity index is 1.85. The van der Waals surface area contributed by atoms with Gasteiger partial charge in [-0.3, -0.25) is 0 Å². The van der Waals surface area contributed by atoms with Crippen LogP contribution >= 0.6 is 11.6 Å². The molecule has 0 radical (unpaired) electrons. The molecular formula is C18H22ClN3O4S. The van der Waals surface area contributed by atoms with E-state index in [1.165, 1.54) is 4.90 Å². The van der Waals surface area contributed by atoms with E-state index in [0.717, 1.165) is 6.42 Å². The van der Waals surface area contributed by atoms with E-state index >= 15 is 0 Å². The molecule has 146 valence electrons. The second-order valence-corrected chi connectivity index (χ2v) is 9.87. The predicted octanol–water partition coefficient (Wildman–Crippen LogP) is 3.46. The number of amides is 1. The van der Waals surface area contributed by atoms with Crippen molar-refractivity contribution in [2.24, 2.45) is 0 Å². The summed E-state index contributed by atoms with van der Waals surface area (Å²) in [5.41, 5.74) is 0.338. The van der Waals surface area contributed by atoms with Crippen molar-refractivity contribution in [1.82, 2.24) is 14.9 Å². The number of likely N-dealkylation sites (tertiary alicyclic amines) is 1. The summed E-state index contributed by atoms with van der Waals surface area (Å²) in [6.07, 6.45) is 0.795. The molecule has 1 aromatic carbocycles. The zero-order valence-corrected chi connectivity index (χ0v) is 17.0. The summed E-state index contributed by atoms with van der Waals surface area (Å²) in [5, 5.41) is -0.408. The predicted molar refractivity (Wildman–Crippen MR) is 103 cm³/mol. The lowest BCUT2D eigenvalue weighted by Gasteiger charge is -2.28. The van der Waals surface area contributed by atoms with Gasteiger partial charge in [0, 0.05) is 12.6 Å². The van der Waals surface area contributed by atoms with Crippen LogP contribution < -0.4 is 0 Å². The van der Waals surface area contributed by atoms with E-state index in [0.29, 0.717) is 24.0 Å². The highest BCUT2D eigenvalue weighted by Crippen LogP contribution is 2.27. The maximum Gasteiger partial charge on any atom is 0.410 e. The molecule has 1 aromatic heterocycles. The van der Waals surface area contributed by atoms with Crippen molar-refractivity contribution in [2.45, 2.75) is 50.3 Å². The molecule has 0 bridgehead atoms. The molecule has 1 saturated heterocycles. The quantitative estimate of drug-likeness (QED) is 0.768. The van der Waals surface area contributed by atoms with Crippen LogP contribution in [0.2, 0.25) is 5.15 Å². The molecule has 1 amide bonds. The Morgan fingerprint density at radius 2 is 1.89 bits per heavy atom. The van der Waals surface area contributed by atoms with E-state index < -0.39 is 27.6 Å². The highest BCUT2D eigenvalue weighted by atomic mass is 35.5. The van der Waals surface area contributed by atoms with Crippen molar-refractivity contribution < 1.29 is 17.9 Å². The van der Waals surface area contributed by atoms with Gasteiger partial charge in [0.2, 0.25) is 9.84 Å². The molecule has 7 nitrogen and oxygen atoms in total. The summed E-state index contributed by atoms with van der Waals surface area (Å²) in [6.45, 7) is 5.79. The second-order valence-electron chi connectivity index (χ2n) is 7.56. The van der Waals surface area contributed by atoms with Gasteiger partial charge >= 0.3 is 6.09 Å². The van der Waals surface area contributed by atoms with E-state index in [9.17, 15) is 13.2 Å². The minimum absolute atomic E-state index is 0.157. The largest absolute Gasteiger partial charge is 0.444 e. The van der Waals surface area contributed by atoms with Gasteiger partial charge in [-0.05, 0) is 45.7 Å². The number of hydrogen-bond donors (Lipinski definition) is 0. The van der Waals surface area contributed by atoms with Crippen molar-refractivity contribution in [3.8, 4) is 0 Å². The third-order valence-electron chi connectivity index (χ3n) is 4.21. The van der Waals surface area contributed by atoms with E-state index in [1.54, 1.807) is 45.0 Å². The summed E-state index contributed by atoms with van der Waals surface area (Å²) in [5.74, 6) is -0.265. The first-order chi connectivity index (χ1) is 12.6. The molecule has 3 rings (SSSR count). The monoisotopic (exact) mass is 411 g/mol. The van der Waals surface area contributed by atoms with Gasteiger partial charge in [0.25, 0.3) is 0 Å². The van der Waals surface area contributed by atoms with E-state index in [1.807, 2.05) is 0 Å². The maximum atomic E-state index is 12.9. The van der Waals surface area contributed by atoms with E-state index in [4.69, 9.17) is 16.3 Å². The Morgan fingerprint density at radius 1 is 1.26 bits per heavy atom. The van der Waals surface area contributed by atoms with Gasteiger partial charge in [-0.2, -0.15) is 0 Å². The van der Waals surface area contributed by atoms with E-state index in [-0.39, 0.29) is 15.9 Å². The van der Waals surface area contributed by atoms with Crippen LogP contribution in [0.5, 0.6) is 0 Å². The van der Waals surface area contributed by atoms with Crippen LogP contribution in [0.1, 0.15) is 33.6 Å². The summed E-state index contributed by atoms with van der Waals surface area (Å²) >= 11 is 6.10. The minimum Gasteiger partial charge on any atom is -0.444 e. The summed E-state index contributed by atoms with van der Waals surface area (Å²) in [6, 6.07) is 6.45. The molecule has 2 aromatic rings. The molecule has 0 aliphatic carbocycles. The number of benzene rings is 1. The van der Waals surface area contributed by atoms with Gasteiger partial charge in [0.05, 0.1) is 16.8 Å². The Hall–Kier alpha value is -1.93. The zero-order chi connectivity index (χ0) is 19.8. The average Bonchev–Trinajstić information content (AvgIpc) is 3.00. The highest BCUT2D eigenvalue weighted by Gasteiger charge is 2.36. The van der Waals surface area contributed by atoms with Gasteiger partial charge in [0.1, 0.15) is 5.60 Å². The summed E-state index contributed by atoms with van der Waals surface area (Å²) in [4.78, 5) is 22.2. The number of aromatic nitrogens is 2. The topological polar surface area (TPSA) is 89.5 Å². The Bertz CT molecular complexity index is 972. The van der Waals surface area contributed by atoms with Crippen molar-refractivity contribution in [1.29, 1.82) is 0 Å². The number of carbonyl (C=O) groups excluding carboxylic acids is 1. The lowest BCUT2D eigenvalue weighted by atomic mass is 10.2. The van der Waals surface area contributed by atoms with Crippen LogP contribution in [0, 0.1) is 0 Å². The first kappa shape index (κ1) is 19.8. The lowest BCUT2D eigenvalue weighted by molar-refractivity contribution is 0.0241. The molecule has 1 aliphatic rings. The first-order valence-electron chi connectivity index (χ1n) is 8.71. The molecule has 0 saturated carbocycles. The SMILES string of the molecule is CC(C)(C)OC(=O)N1CCC[C@H]1CS(=O)(=O)c1nc2ccccc2nc1Cl. The molecule has 1 fully saturated rings. The number of fused-ring (bicyclic) bond motifs is 1. The third kappa shape index (κ3) is 4.50. The fraction of sp³-hybridized carbons (Fsp3) is 0.500. The second kappa shape index (κ2) is 7.24. The van der Waals surface area contributed by atoms with Gasteiger partial charge in [-0.25, -0.2) is 23.2 Å². The van der Waals surface area contributed by atoms with Gasteiger partial charge in [0.15, 0.2) is 10.2 Å². The zero-order valence-electron chi connectivity index (χ0n) is 15.5. The molecule has 1 atom stereocenters. The van der Waals surface area contributed by atoms with Crippen molar-refractivity contribution >= 4 is 38.6 Å². The molecule has 27 heavy (non-hydrogen) atoms. The van der Waals surface area contributed by atoms with Crippen molar-refractivity contribution in [2.75, 3.05) is 12.3 Å². The number of ether oxygens (including phenoxy) is 1. The Kier molecular flexibility index (Phi) is 5.31. The number of rotatable bonds is 3. The van der Waals surface area contributed by atoms with Crippen molar-refractivity contribution in [3.05, 3.63) is 29.4 Å². The fourth-order valence-electron chi connectivity index (χ4n) is 3.06. The van der Waals surface area contributed by atoms with Crippen LogP contribution in [0.25, 0.3) is 11.0 Å². The molecule has 2 heterocycles. The van der Waals surface area contributed by atoms with Crippen LogP contribution in [-0.4, -0.2) is 53.3 Å². The number of hydrogen-bond acceptors (Lipinski definition) is 6. The molecule has 0 spiro atoms.